The number of piperidine rings is 1. The van der Waals surface area contributed by atoms with Crippen LogP contribution in [0.2, 0.25) is 0 Å². The van der Waals surface area contributed by atoms with Gasteiger partial charge in [0, 0.05) is 37.4 Å². The van der Waals surface area contributed by atoms with Gasteiger partial charge in [-0.05, 0) is 25.5 Å². The summed E-state index contributed by atoms with van der Waals surface area (Å²) in [5.74, 6) is 1.55. The number of nitrogens with zero attached hydrogens (tertiary/aromatic N) is 4. The summed E-state index contributed by atoms with van der Waals surface area (Å²) in [4.78, 5) is 22.6. The van der Waals surface area contributed by atoms with Gasteiger partial charge >= 0.3 is 0 Å². The molecular weight excluding hydrogens is 351 g/mol. The van der Waals surface area contributed by atoms with Crippen LogP contribution in [-0.4, -0.2) is 41.1 Å². The van der Waals surface area contributed by atoms with Gasteiger partial charge in [0.2, 0.25) is 0 Å². The van der Waals surface area contributed by atoms with Gasteiger partial charge in [-0.3, -0.25) is 4.79 Å². The van der Waals surface area contributed by atoms with Gasteiger partial charge < -0.3 is 14.2 Å². The lowest BCUT2D eigenvalue weighted by Gasteiger charge is -2.29. The second-order valence-corrected chi connectivity index (χ2v) is 6.61. The van der Waals surface area contributed by atoms with Gasteiger partial charge in [-0.2, -0.15) is 4.98 Å². The molecule has 3 aromatic rings. The van der Waals surface area contributed by atoms with Gasteiger partial charge in [0.15, 0.2) is 11.6 Å². The Kier molecular flexibility index (Phi) is 4.25. The Morgan fingerprint density at radius 2 is 1.93 bits per heavy atom. The number of aryl methyl sites for hydroxylation is 2. The molecule has 140 valence electrons. The zero-order chi connectivity index (χ0) is 19.1. The lowest BCUT2D eigenvalue weighted by molar-refractivity contribution is -0.119. The quantitative estimate of drug-likeness (QED) is 0.700. The van der Waals surface area contributed by atoms with Gasteiger partial charge in [0.05, 0.1) is 12.7 Å². The summed E-state index contributed by atoms with van der Waals surface area (Å²) in [6.07, 6.45) is 0.873. The number of ketones is 1. The Hall–Kier alpha value is -3.03. The summed E-state index contributed by atoms with van der Waals surface area (Å²) in [5, 5.41) is 4.50. The number of carbonyl (C=O) groups excluding carboxylic acids is 1. The zero-order valence-electron chi connectivity index (χ0n) is 15.4. The molecule has 0 bridgehead atoms. The number of carbonyl (C=O) groups is 1. The highest BCUT2D eigenvalue weighted by molar-refractivity contribution is 5.94. The maximum Gasteiger partial charge on any atom is 0.261 e. The van der Waals surface area contributed by atoms with Crippen molar-refractivity contribution in [3.63, 3.8) is 0 Å². The van der Waals surface area contributed by atoms with E-state index in [1.54, 1.807) is 13.0 Å². The molecule has 1 aliphatic heterocycles. The normalized spacial score (nSPS) is 14.8. The smallest absolute Gasteiger partial charge is 0.261 e. The molecule has 1 aromatic carbocycles. The average Bonchev–Trinajstić information content (AvgIpc) is 3.08. The molecule has 7 nitrogen and oxygen atoms in total. The lowest BCUT2D eigenvalue weighted by atomic mass is 10.0. The van der Waals surface area contributed by atoms with Crippen LogP contribution < -0.4 is 9.64 Å². The van der Waals surface area contributed by atoms with Gasteiger partial charge in [-0.15, -0.1) is 0 Å². The molecule has 0 amide bonds. The topological polar surface area (TPSA) is 81.4 Å². The molecular formula is C19H19FN4O3. The Labute approximate surface area is 155 Å². The third-order valence-corrected chi connectivity index (χ3v) is 4.86. The van der Waals surface area contributed by atoms with Crippen LogP contribution in [0.15, 0.2) is 16.7 Å². The van der Waals surface area contributed by atoms with Gasteiger partial charge in [-0.25, -0.2) is 9.37 Å². The number of Topliss-reactive ketones (excluding diaryl/α,β-unsaturated/α-hetero) is 1. The maximum atomic E-state index is 14.7. The van der Waals surface area contributed by atoms with Gasteiger partial charge in [0.1, 0.15) is 22.9 Å². The van der Waals surface area contributed by atoms with Crippen molar-refractivity contribution in [1.29, 1.82) is 0 Å². The van der Waals surface area contributed by atoms with Crippen molar-refractivity contribution in [2.75, 3.05) is 25.1 Å². The zero-order valence-corrected chi connectivity index (χ0v) is 15.4. The van der Waals surface area contributed by atoms with Crippen LogP contribution in [0.4, 0.5) is 10.2 Å². The Bertz CT molecular complexity index is 1040. The Balaban J connectivity index is 1.99. The third-order valence-electron chi connectivity index (χ3n) is 4.86. The van der Waals surface area contributed by atoms with Crippen molar-refractivity contribution >= 4 is 22.5 Å². The number of pyridine rings is 1. The molecule has 0 spiro atoms. The summed E-state index contributed by atoms with van der Waals surface area (Å²) in [5.41, 5.74) is 1.68. The second kappa shape index (κ2) is 6.61. The number of benzene rings is 1. The minimum Gasteiger partial charge on any atom is -0.497 e. The maximum absolute atomic E-state index is 14.7. The molecule has 0 saturated carbocycles. The molecule has 8 heteroatoms. The molecule has 4 rings (SSSR count). The molecule has 3 heterocycles. The SMILES string of the molecule is COc1cc(F)c2nc(N3CCC(=O)CC3)c(-c3nc(C)no3)c(C)c2c1. The second-order valence-electron chi connectivity index (χ2n) is 6.61. The molecule has 1 saturated heterocycles. The van der Waals surface area contributed by atoms with E-state index in [1.807, 2.05) is 11.8 Å². The number of methoxy groups -OCH3 is 1. The number of anilines is 1. The summed E-state index contributed by atoms with van der Waals surface area (Å²) >= 11 is 0. The first kappa shape index (κ1) is 17.4. The van der Waals surface area contributed by atoms with Crippen LogP contribution in [0.1, 0.15) is 24.2 Å². The van der Waals surface area contributed by atoms with Crippen molar-refractivity contribution in [3.8, 4) is 17.2 Å². The number of rotatable bonds is 3. The fourth-order valence-corrected chi connectivity index (χ4v) is 3.41. The minimum absolute atomic E-state index is 0.217. The summed E-state index contributed by atoms with van der Waals surface area (Å²) in [6, 6.07) is 3.06. The molecule has 0 N–H and O–H groups in total. The van der Waals surface area contributed by atoms with Crippen LogP contribution >= 0.6 is 0 Å². The highest BCUT2D eigenvalue weighted by Crippen LogP contribution is 2.38. The van der Waals surface area contributed by atoms with Gasteiger partial charge in [-0.1, -0.05) is 5.16 Å². The predicted molar refractivity (Wildman–Crippen MR) is 97.5 cm³/mol. The van der Waals surface area contributed by atoms with Crippen LogP contribution in [0, 0.1) is 19.7 Å². The third kappa shape index (κ3) is 3.01. The predicted octanol–water partition coefficient (Wildman–Crippen LogP) is 3.22. The van der Waals surface area contributed by atoms with Crippen molar-refractivity contribution in [1.82, 2.24) is 15.1 Å². The summed E-state index contributed by atoms with van der Waals surface area (Å²) < 4.78 is 25.3. The number of ether oxygens (including phenoxy) is 1. The molecule has 1 aliphatic rings. The summed E-state index contributed by atoms with van der Waals surface area (Å²) in [7, 11) is 1.49. The molecule has 0 atom stereocenters. The van der Waals surface area contributed by atoms with Crippen LogP contribution in [-0.2, 0) is 4.79 Å². The number of fused-ring (bicyclic) bond motifs is 1. The minimum atomic E-state index is -0.463. The number of aromatic nitrogens is 3. The van der Waals surface area contributed by atoms with Crippen molar-refractivity contribution in [3.05, 3.63) is 29.3 Å². The van der Waals surface area contributed by atoms with Crippen LogP contribution in [0.25, 0.3) is 22.4 Å². The van der Waals surface area contributed by atoms with Crippen LogP contribution in [0.3, 0.4) is 0 Å². The van der Waals surface area contributed by atoms with E-state index in [0.29, 0.717) is 60.2 Å². The van der Waals surface area contributed by atoms with E-state index >= 15 is 0 Å². The highest BCUT2D eigenvalue weighted by Gasteiger charge is 2.27. The van der Waals surface area contributed by atoms with E-state index in [0.717, 1.165) is 5.56 Å². The molecule has 1 fully saturated rings. The van der Waals surface area contributed by atoms with E-state index in [1.165, 1.54) is 13.2 Å². The fraction of sp³-hybridized carbons (Fsp3) is 0.368. The monoisotopic (exact) mass is 370 g/mol. The van der Waals surface area contributed by atoms with E-state index in [9.17, 15) is 9.18 Å². The first-order valence-corrected chi connectivity index (χ1v) is 8.73. The number of hydrogen-bond acceptors (Lipinski definition) is 7. The largest absolute Gasteiger partial charge is 0.497 e. The molecule has 0 aliphatic carbocycles. The van der Waals surface area contributed by atoms with Crippen LogP contribution in [0.5, 0.6) is 5.75 Å². The van der Waals surface area contributed by atoms with Crippen molar-refractivity contribution in [2.45, 2.75) is 26.7 Å². The number of halogens is 1. The van der Waals surface area contributed by atoms with E-state index in [-0.39, 0.29) is 11.3 Å². The van der Waals surface area contributed by atoms with Crippen molar-refractivity contribution < 1.29 is 18.4 Å². The Morgan fingerprint density at radius 1 is 1.19 bits per heavy atom. The summed E-state index contributed by atoms with van der Waals surface area (Å²) in [6.45, 7) is 4.65. The molecule has 2 aromatic heterocycles. The molecule has 0 radical (unpaired) electrons. The first-order valence-electron chi connectivity index (χ1n) is 8.73. The Morgan fingerprint density at radius 3 is 2.56 bits per heavy atom. The van der Waals surface area contributed by atoms with Crippen molar-refractivity contribution in [2.24, 2.45) is 0 Å². The fourth-order valence-electron chi connectivity index (χ4n) is 3.41. The lowest BCUT2D eigenvalue weighted by Crippen LogP contribution is -2.34. The van der Waals surface area contributed by atoms with E-state index < -0.39 is 5.82 Å². The standard InChI is InChI=1S/C19H19FN4O3/c1-10-14-8-13(26-3)9-15(20)17(14)22-18(24-6-4-12(25)5-7-24)16(10)19-21-11(2)23-27-19/h8-9H,4-7H2,1-3H3. The highest BCUT2D eigenvalue weighted by atomic mass is 19.1. The first-order chi connectivity index (χ1) is 13.0. The van der Waals surface area contributed by atoms with Gasteiger partial charge in [0.25, 0.3) is 5.89 Å². The van der Waals surface area contributed by atoms with E-state index in [4.69, 9.17) is 9.26 Å². The van der Waals surface area contributed by atoms with E-state index in [2.05, 4.69) is 15.1 Å². The molecule has 0 unspecified atom stereocenters. The average molecular weight is 370 g/mol. The number of hydrogen-bond donors (Lipinski definition) is 0. The molecule has 27 heavy (non-hydrogen) atoms.